The zero-order valence-electron chi connectivity index (χ0n) is 14.0. The topological polar surface area (TPSA) is 60.2 Å². The van der Waals surface area contributed by atoms with Crippen molar-refractivity contribution < 1.29 is 22.7 Å². The molecule has 2 heterocycles. The number of ether oxygens (including phenoxy) is 1. The molecule has 136 valence electrons. The second-order valence-corrected chi connectivity index (χ2v) is 5.74. The Hall–Kier alpha value is -3.10. The first-order chi connectivity index (χ1) is 12.3. The van der Waals surface area contributed by atoms with Gasteiger partial charge in [0.25, 0.3) is 0 Å². The first kappa shape index (κ1) is 17.7. The SMILES string of the molecule is CN(C)C(=O)Cn1ncc2ncc(-c3ccc(F)c(OC(F)F)c3)cc21. The maximum atomic E-state index is 13.6. The van der Waals surface area contributed by atoms with Crippen LogP contribution >= 0.6 is 0 Å². The average molecular weight is 364 g/mol. The third-order valence-electron chi connectivity index (χ3n) is 3.76. The molecule has 0 aliphatic heterocycles. The van der Waals surface area contributed by atoms with Gasteiger partial charge in [-0.15, -0.1) is 0 Å². The Bertz CT molecular complexity index is 956. The summed E-state index contributed by atoms with van der Waals surface area (Å²) in [7, 11) is 3.28. The Morgan fingerprint density at radius 3 is 2.69 bits per heavy atom. The first-order valence-corrected chi connectivity index (χ1v) is 7.61. The maximum Gasteiger partial charge on any atom is 0.387 e. The van der Waals surface area contributed by atoms with Gasteiger partial charge in [0.1, 0.15) is 12.1 Å². The summed E-state index contributed by atoms with van der Waals surface area (Å²) in [5, 5.41) is 4.15. The van der Waals surface area contributed by atoms with E-state index >= 15 is 0 Å². The highest BCUT2D eigenvalue weighted by molar-refractivity contribution is 5.83. The van der Waals surface area contributed by atoms with E-state index in [-0.39, 0.29) is 12.5 Å². The van der Waals surface area contributed by atoms with E-state index in [9.17, 15) is 18.0 Å². The molecule has 0 saturated heterocycles. The monoisotopic (exact) mass is 364 g/mol. The largest absolute Gasteiger partial charge is 0.432 e. The zero-order valence-corrected chi connectivity index (χ0v) is 14.0. The molecule has 3 aromatic rings. The predicted molar refractivity (Wildman–Crippen MR) is 88.2 cm³/mol. The molecule has 0 aliphatic rings. The molecule has 6 nitrogen and oxygen atoms in total. The minimum atomic E-state index is -3.13. The maximum absolute atomic E-state index is 13.6. The molecule has 0 N–H and O–H groups in total. The third-order valence-corrected chi connectivity index (χ3v) is 3.76. The van der Waals surface area contributed by atoms with Crippen molar-refractivity contribution in [1.82, 2.24) is 19.7 Å². The number of fused-ring (bicyclic) bond motifs is 1. The summed E-state index contributed by atoms with van der Waals surface area (Å²) < 4.78 is 44.1. The molecule has 3 rings (SSSR count). The zero-order chi connectivity index (χ0) is 18.8. The van der Waals surface area contributed by atoms with Crippen molar-refractivity contribution in [2.24, 2.45) is 0 Å². The summed E-state index contributed by atoms with van der Waals surface area (Å²) in [5.41, 5.74) is 2.17. The lowest BCUT2D eigenvalue weighted by Gasteiger charge is -2.11. The molecule has 26 heavy (non-hydrogen) atoms. The van der Waals surface area contributed by atoms with Crippen LogP contribution < -0.4 is 4.74 Å². The van der Waals surface area contributed by atoms with Crippen LogP contribution in [0.5, 0.6) is 5.75 Å². The summed E-state index contributed by atoms with van der Waals surface area (Å²) in [6.45, 7) is -3.09. The molecule has 0 fully saturated rings. The van der Waals surface area contributed by atoms with Crippen LogP contribution in [-0.4, -0.2) is 46.3 Å². The third kappa shape index (κ3) is 3.61. The molecule has 0 unspecified atom stereocenters. The minimum absolute atomic E-state index is 0.0325. The molecule has 0 radical (unpaired) electrons. The van der Waals surface area contributed by atoms with Crippen LogP contribution in [0.2, 0.25) is 0 Å². The Morgan fingerprint density at radius 2 is 2.00 bits per heavy atom. The van der Waals surface area contributed by atoms with Crippen molar-refractivity contribution in [3.05, 3.63) is 42.5 Å². The predicted octanol–water partition coefficient (Wildman–Crippen LogP) is 2.93. The summed E-state index contributed by atoms with van der Waals surface area (Å²) in [4.78, 5) is 17.6. The van der Waals surface area contributed by atoms with Gasteiger partial charge in [-0.3, -0.25) is 14.5 Å². The van der Waals surface area contributed by atoms with Crippen LogP contribution in [0.25, 0.3) is 22.2 Å². The van der Waals surface area contributed by atoms with Crippen molar-refractivity contribution in [2.45, 2.75) is 13.2 Å². The highest BCUT2D eigenvalue weighted by atomic mass is 19.3. The van der Waals surface area contributed by atoms with Gasteiger partial charge in [0.15, 0.2) is 11.6 Å². The molecule has 1 aromatic carbocycles. The molecule has 0 saturated carbocycles. The molecule has 2 aromatic heterocycles. The summed E-state index contributed by atoms with van der Waals surface area (Å²) in [6, 6.07) is 5.36. The second-order valence-electron chi connectivity index (χ2n) is 5.74. The number of amides is 1. The number of benzene rings is 1. The van der Waals surface area contributed by atoms with Gasteiger partial charge in [0.2, 0.25) is 5.91 Å². The minimum Gasteiger partial charge on any atom is -0.432 e. The molecular weight excluding hydrogens is 349 g/mol. The number of halogens is 3. The fourth-order valence-corrected chi connectivity index (χ4v) is 2.38. The van der Waals surface area contributed by atoms with Gasteiger partial charge in [-0.1, -0.05) is 6.07 Å². The van der Waals surface area contributed by atoms with Crippen molar-refractivity contribution in [2.75, 3.05) is 14.1 Å². The lowest BCUT2D eigenvalue weighted by molar-refractivity contribution is -0.129. The van der Waals surface area contributed by atoms with Crippen molar-refractivity contribution in [3.63, 3.8) is 0 Å². The Labute approximate surface area is 146 Å². The van der Waals surface area contributed by atoms with Gasteiger partial charge in [0, 0.05) is 25.9 Å². The molecule has 0 bridgehead atoms. The van der Waals surface area contributed by atoms with Gasteiger partial charge in [-0.25, -0.2) is 4.39 Å². The Morgan fingerprint density at radius 1 is 1.23 bits per heavy atom. The molecule has 1 amide bonds. The van der Waals surface area contributed by atoms with Gasteiger partial charge >= 0.3 is 6.61 Å². The van der Waals surface area contributed by atoms with E-state index in [1.54, 1.807) is 20.2 Å². The van der Waals surface area contributed by atoms with Crippen molar-refractivity contribution in [3.8, 4) is 16.9 Å². The Kier molecular flexibility index (Phi) is 4.79. The van der Waals surface area contributed by atoms with E-state index in [1.165, 1.54) is 34.1 Å². The lowest BCUT2D eigenvalue weighted by Crippen LogP contribution is -2.26. The lowest BCUT2D eigenvalue weighted by atomic mass is 10.1. The van der Waals surface area contributed by atoms with E-state index in [0.717, 1.165) is 6.07 Å². The van der Waals surface area contributed by atoms with Crippen LogP contribution in [0, 0.1) is 5.82 Å². The Balaban J connectivity index is 2.00. The average Bonchev–Trinajstić information content (AvgIpc) is 2.98. The quantitative estimate of drug-likeness (QED) is 0.698. The normalized spacial score (nSPS) is 11.2. The molecule has 0 aliphatic carbocycles. The number of likely N-dealkylation sites (N-methyl/N-ethyl adjacent to an activating group) is 1. The van der Waals surface area contributed by atoms with Crippen molar-refractivity contribution >= 4 is 16.9 Å². The van der Waals surface area contributed by atoms with Gasteiger partial charge in [-0.05, 0) is 23.8 Å². The summed E-state index contributed by atoms with van der Waals surface area (Å²) in [6.07, 6.45) is 3.04. The number of rotatable bonds is 5. The number of hydrogen-bond acceptors (Lipinski definition) is 4. The fourth-order valence-electron chi connectivity index (χ4n) is 2.38. The standard InChI is InChI=1S/C17H15F3N4O2/c1-23(2)16(25)9-24-14-5-11(7-21-13(14)8-22-24)10-3-4-12(18)15(6-10)26-17(19)20/h3-8,17H,9H2,1-2H3. The van der Waals surface area contributed by atoms with E-state index in [4.69, 9.17) is 0 Å². The van der Waals surface area contributed by atoms with Crippen LogP contribution in [0.3, 0.4) is 0 Å². The summed E-state index contributed by atoms with van der Waals surface area (Å²) in [5.74, 6) is -1.58. The van der Waals surface area contributed by atoms with Crippen LogP contribution in [-0.2, 0) is 11.3 Å². The van der Waals surface area contributed by atoms with Crippen LogP contribution in [0.4, 0.5) is 13.2 Å². The number of carbonyl (C=O) groups excluding carboxylic acids is 1. The molecule has 0 atom stereocenters. The number of hydrogen-bond donors (Lipinski definition) is 0. The highest BCUT2D eigenvalue weighted by Gasteiger charge is 2.14. The van der Waals surface area contributed by atoms with Crippen LogP contribution in [0.1, 0.15) is 0 Å². The molecule has 0 spiro atoms. The first-order valence-electron chi connectivity index (χ1n) is 7.61. The van der Waals surface area contributed by atoms with E-state index in [1.807, 2.05) is 0 Å². The number of alkyl halides is 2. The van der Waals surface area contributed by atoms with Gasteiger partial charge in [0.05, 0.1) is 11.7 Å². The number of aromatic nitrogens is 3. The molecule has 9 heteroatoms. The van der Waals surface area contributed by atoms with E-state index < -0.39 is 18.2 Å². The highest BCUT2D eigenvalue weighted by Crippen LogP contribution is 2.28. The molecular formula is C17H15F3N4O2. The van der Waals surface area contributed by atoms with Crippen LogP contribution in [0.15, 0.2) is 36.7 Å². The van der Waals surface area contributed by atoms with E-state index in [0.29, 0.717) is 22.2 Å². The fraction of sp³-hybridized carbons (Fsp3) is 0.235. The van der Waals surface area contributed by atoms with Gasteiger partial charge in [-0.2, -0.15) is 13.9 Å². The van der Waals surface area contributed by atoms with Crippen molar-refractivity contribution in [1.29, 1.82) is 0 Å². The summed E-state index contributed by atoms with van der Waals surface area (Å²) >= 11 is 0. The number of carbonyl (C=O) groups is 1. The van der Waals surface area contributed by atoms with E-state index in [2.05, 4.69) is 14.8 Å². The number of pyridine rings is 1. The van der Waals surface area contributed by atoms with Gasteiger partial charge < -0.3 is 9.64 Å². The smallest absolute Gasteiger partial charge is 0.387 e. The number of nitrogens with zero attached hydrogens (tertiary/aromatic N) is 4. The second kappa shape index (κ2) is 7.03.